The number of hydrogen-bond donors (Lipinski definition) is 2. The topological polar surface area (TPSA) is 58.4 Å². The molecule has 1 amide bonds. The molecule has 0 saturated carbocycles. The lowest BCUT2D eigenvalue weighted by atomic mass is 10.1. The molecule has 2 aromatic carbocycles. The molecule has 0 spiro atoms. The van der Waals surface area contributed by atoms with Crippen molar-refractivity contribution in [3.63, 3.8) is 0 Å². The van der Waals surface area contributed by atoms with Crippen molar-refractivity contribution in [2.24, 2.45) is 5.73 Å². The lowest BCUT2D eigenvalue weighted by Gasteiger charge is -2.19. The maximum absolute atomic E-state index is 12.8. The quantitative estimate of drug-likeness (QED) is 0.842. The second-order valence-electron chi connectivity index (χ2n) is 6.22. The van der Waals surface area contributed by atoms with E-state index < -0.39 is 0 Å². The molecular formula is C19H25Cl2N3O. The Balaban J connectivity index is 0.00000156. The van der Waals surface area contributed by atoms with Gasteiger partial charge in [0.15, 0.2) is 0 Å². The average molecular weight is 382 g/mol. The van der Waals surface area contributed by atoms with Crippen molar-refractivity contribution < 1.29 is 4.79 Å². The Kier molecular flexibility index (Phi) is 7.74. The summed E-state index contributed by atoms with van der Waals surface area (Å²) in [4.78, 5) is 14.6. The van der Waals surface area contributed by atoms with E-state index >= 15 is 0 Å². The third-order valence-electron chi connectivity index (χ3n) is 4.54. The summed E-state index contributed by atoms with van der Waals surface area (Å²) in [7, 11) is 0. The Hall–Kier alpha value is -1.75. The maximum Gasteiger partial charge on any atom is 0.256 e. The van der Waals surface area contributed by atoms with Crippen LogP contribution < -0.4 is 11.1 Å². The molecular weight excluding hydrogens is 357 g/mol. The summed E-state index contributed by atoms with van der Waals surface area (Å²) in [6.07, 6.45) is 0.873. The number of hydrogen-bond acceptors (Lipinski definition) is 3. The smallest absolute Gasteiger partial charge is 0.256 e. The summed E-state index contributed by atoms with van der Waals surface area (Å²) >= 11 is 0. The molecule has 1 aliphatic rings. The molecule has 136 valence electrons. The van der Waals surface area contributed by atoms with E-state index in [-0.39, 0.29) is 36.8 Å². The monoisotopic (exact) mass is 381 g/mol. The molecule has 2 aromatic rings. The summed E-state index contributed by atoms with van der Waals surface area (Å²) in [6.45, 7) is 5.54. The zero-order valence-corrected chi connectivity index (χ0v) is 16.1. The number of benzene rings is 2. The van der Waals surface area contributed by atoms with Gasteiger partial charge in [-0.15, -0.1) is 24.8 Å². The molecule has 1 fully saturated rings. The molecule has 3 rings (SSSR count). The number of aryl methyl sites for hydroxylation is 1. The summed E-state index contributed by atoms with van der Waals surface area (Å²) in [5.74, 6) is 0.0476. The predicted octanol–water partition coefficient (Wildman–Crippen LogP) is 4.06. The van der Waals surface area contributed by atoms with Crippen LogP contribution in [-0.4, -0.2) is 29.9 Å². The number of likely N-dealkylation sites (tertiary alicyclic amines) is 1. The van der Waals surface area contributed by atoms with Crippen LogP contribution >= 0.6 is 24.8 Å². The van der Waals surface area contributed by atoms with Crippen LogP contribution in [0.4, 0.5) is 11.4 Å². The van der Waals surface area contributed by atoms with Crippen molar-refractivity contribution >= 4 is 42.1 Å². The Morgan fingerprint density at radius 2 is 1.76 bits per heavy atom. The number of nitrogens with two attached hydrogens (primary N) is 1. The Morgan fingerprint density at radius 3 is 2.44 bits per heavy atom. The van der Waals surface area contributed by atoms with Crippen LogP contribution in [0.5, 0.6) is 0 Å². The molecule has 0 bridgehead atoms. The molecule has 1 saturated heterocycles. The average Bonchev–Trinajstić information content (AvgIpc) is 2.98. The van der Waals surface area contributed by atoms with E-state index in [1.165, 1.54) is 11.1 Å². The molecule has 1 heterocycles. The molecule has 0 aromatic heterocycles. The van der Waals surface area contributed by atoms with E-state index in [2.05, 4.69) is 25.2 Å². The van der Waals surface area contributed by atoms with E-state index in [0.29, 0.717) is 12.1 Å². The summed E-state index contributed by atoms with van der Waals surface area (Å²) in [5.41, 5.74) is 10.9. The number of halogens is 2. The van der Waals surface area contributed by atoms with Crippen LogP contribution in [0.1, 0.15) is 27.9 Å². The normalized spacial score (nSPS) is 16.0. The van der Waals surface area contributed by atoms with Crippen molar-refractivity contribution in [3.05, 3.63) is 59.2 Å². The van der Waals surface area contributed by atoms with E-state index in [4.69, 9.17) is 5.73 Å². The standard InChI is InChI=1S/C19H23N3O.2ClH/c1-13-6-5-9-17(14(13)2)21-18-8-4-3-7-16(18)19(23)22-11-10-15(20)12-22;;/h3-9,15,21H,10-12,20H2,1-2H3;2*1H/t15-;;/m1../s1. The lowest BCUT2D eigenvalue weighted by Crippen LogP contribution is -2.32. The first-order valence-electron chi connectivity index (χ1n) is 8.03. The number of nitrogens with one attached hydrogen (secondary N) is 1. The van der Waals surface area contributed by atoms with E-state index in [1.54, 1.807) is 0 Å². The number of rotatable bonds is 3. The number of amides is 1. The third kappa shape index (κ3) is 4.66. The molecule has 0 unspecified atom stereocenters. The first-order valence-corrected chi connectivity index (χ1v) is 8.03. The summed E-state index contributed by atoms with van der Waals surface area (Å²) in [6, 6.07) is 13.9. The highest BCUT2D eigenvalue weighted by molar-refractivity contribution is 6.00. The van der Waals surface area contributed by atoms with Gasteiger partial charge < -0.3 is 16.0 Å². The molecule has 4 nitrogen and oxygen atoms in total. The van der Waals surface area contributed by atoms with E-state index in [0.717, 1.165) is 24.3 Å². The van der Waals surface area contributed by atoms with Gasteiger partial charge in [0.25, 0.3) is 5.91 Å². The fourth-order valence-corrected chi connectivity index (χ4v) is 2.95. The van der Waals surface area contributed by atoms with Gasteiger partial charge in [0.1, 0.15) is 0 Å². The number of nitrogens with zero attached hydrogens (tertiary/aromatic N) is 1. The van der Waals surface area contributed by atoms with Crippen molar-refractivity contribution in [1.82, 2.24) is 4.90 Å². The molecule has 1 aliphatic heterocycles. The van der Waals surface area contributed by atoms with Crippen LogP contribution in [0.15, 0.2) is 42.5 Å². The van der Waals surface area contributed by atoms with Crippen LogP contribution in [0.2, 0.25) is 0 Å². The SMILES string of the molecule is Cc1cccc(Nc2ccccc2C(=O)N2CC[C@@H](N)C2)c1C.Cl.Cl. The van der Waals surface area contributed by atoms with Crippen molar-refractivity contribution in [2.75, 3.05) is 18.4 Å². The minimum Gasteiger partial charge on any atom is -0.355 e. The summed E-state index contributed by atoms with van der Waals surface area (Å²) in [5, 5.41) is 3.42. The first kappa shape index (κ1) is 21.3. The van der Waals surface area contributed by atoms with Gasteiger partial charge in [-0.05, 0) is 49.6 Å². The van der Waals surface area contributed by atoms with Crippen molar-refractivity contribution in [3.8, 4) is 0 Å². The van der Waals surface area contributed by atoms with E-state index in [9.17, 15) is 4.79 Å². The Morgan fingerprint density at radius 1 is 1.08 bits per heavy atom. The van der Waals surface area contributed by atoms with Gasteiger partial charge in [0.2, 0.25) is 0 Å². The Bertz CT molecular complexity index is 736. The zero-order chi connectivity index (χ0) is 16.4. The summed E-state index contributed by atoms with van der Waals surface area (Å²) < 4.78 is 0. The van der Waals surface area contributed by atoms with Crippen molar-refractivity contribution in [1.29, 1.82) is 0 Å². The van der Waals surface area contributed by atoms with Gasteiger partial charge in [-0.2, -0.15) is 0 Å². The second-order valence-corrected chi connectivity index (χ2v) is 6.22. The molecule has 3 N–H and O–H groups in total. The third-order valence-corrected chi connectivity index (χ3v) is 4.54. The lowest BCUT2D eigenvalue weighted by molar-refractivity contribution is 0.0792. The highest BCUT2D eigenvalue weighted by atomic mass is 35.5. The van der Waals surface area contributed by atoms with Gasteiger partial charge in [-0.3, -0.25) is 4.79 Å². The van der Waals surface area contributed by atoms with Gasteiger partial charge in [-0.25, -0.2) is 0 Å². The maximum atomic E-state index is 12.8. The minimum absolute atomic E-state index is 0. The molecule has 1 atom stereocenters. The molecule has 0 aliphatic carbocycles. The number of para-hydroxylation sites is 1. The molecule has 6 heteroatoms. The number of anilines is 2. The number of carbonyl (C=O) groups excluding carboxylic acids is 1. The van der Waals surface area contributed by atoms with E-state index in [1.807, 2.05) is 41.3 Å². The van der Waals surface area contributed by atoms with Gasteiger partial charge >= 0.3 is 0 Å². The predicted molar refractivity (Wildman–Crippen MR) is 109 cm³/mol. The van der Waals surface area contributed by atoms with Crippen LogP contribution in [0.3, 0.4) is 0 Å². The van der Waals surface area contributed by atoms with Crippen LogP contribution in [0, 0.1) is 13.8 Å². The molecule has 0 radical (unpaired) electrons. The van der Waals surface area contributed by atoms with Crippen molar-refractivity contribution in [2.45, 2.75) is 26.3 Å². The van der Waals surface area contributed by atoms with Crippen LogP contribution in [-0.2, 0) is 0 Å². The minimum atomic E-state index is 0. The second kappa shape index (κ2) is 9.09. The molecule has 25 heavy (non-hydrogen) atoms. The van der Waals surface area contributed by atoms with Gasteiger partial charge in [0.05, 0.1) is 11.3 Å². The zero-order valence-electron chi connectivity index (χ0n) is 14.5. The van der Waals surface area contributed by atoms with Gasteiger partial charge in [0, 0.05) is 24.8 Å². The van der Waals surface area contributed by atoms with Crippen LogP contribution in [0.25, 0.3) is 0 Å². The fourth-order valence-electron chi connectivity index (χ4n) is 2.95. The number of carbonyl (C=O) groups is 1. The van der Waals surface area contributed by atoms with Gasteiger partial charge in [-0.1, -0.05) is 24.3 Å². The first-order chi connectivity index (χ1) is 11.1. The highest BCUT2D eigenvalue weighted by Crippen LogP contribution is 2.26. The highest BCUT2D eigenvalue weighted by Gasteiger charge is 2.26. The largest absolute Gasteiger partial charge is 0.355 e. The fraction of sp³-hybridized carbons (Fsp3) is 0.316. The Labute approximate surface area is 161 Å².